The molecule has 1 atom stereocenters. The second-order valence-electron chi connectivity index (χ2n) is 6.13. The SMILES string of the molecule is COCC(N)C(=O)Nc1ccc(N2CCC(N(C)C)CC2)cn1. The number of nitrogens with one attached hydrogen (secondary N) is 1. The molecule has 0 spiro atoms. The van der Waals surface area contributed by atoms with Crippen LogP contribution in [0.1, 0.15) is 12.8 Å². The number of rotatable bonds is 6. The highest BCUT2D eigenvalue weighted by Gasteiger charge is 2.21. The van der Waals surface area contributed by atoms with Crippen molar-refractivity contribution in [3.05, 3.63) is 18.3 Å². The number of anilines is 2. The van der Waals surface area contributed by atoms with E-state index in [1.807, 2.05) is 12.1 Å². The molecule has 2 rings (SSSR count). The lowest BCUT2D eigenvalue weighted by atomic mass is 10.0. The van der Waals surface area contributed by atoms with E-state index in [2.05, 4.69) is 34.2 Å². The van der Waals surface area contributed by atoms with E-state index in [-0.39, 0.29) is 12.5 Å². The Bertz CT molecular complexity index is 498. The molecule has 2 heterocycles. The first kappa shape index (κ1) is 17.7. The standard InChI is InChI=1S/C16H27N5O2/c1-20(2)12-6-8-21(9-7-12)13-4-5-15(18-10-13)19-16(22)14(17)11-23-3/h4-5,10,12,14H,6-9,11,17H2,1-3H3,(H,18,19,22). The van der Waals surface area contributed by atoms with Gasteiger partial charge in [-0.25, -0.2) is 4.98 Å². The van der Waals surface area contributed by atoms with Gasteiger partial charge in [0.15, 0.2) is 0 Å². The summed E-state index contributed by atoms with van der Waals surface area (Å²) in [5.74, 6) is 0.215. The van der Waals surface area contributed by atoms with Crippen LogP contribution in [-0.2, 0) is 9.53 Å². The van der Waals surface area contributed by atoms with Crippen LogP contribution in [0.15, 0.2) is 18.3 Å². The predicted molar refractivity (Wildman–Crippen MR) is 91.6 cm³/mol. The van der Waals surface area contributed by atoms with E-state index < -0.39 is 6.04 Å². The van der Waals surface area contributed by atoms with Crippen molar-refractivity contribution >= 4 is 17.4 Å². The van der Waals surface area contributed by atoms with E-state index in [1.54, 1.807) is 6.20 Å². The lowest BCUT2D eigenvalue weighted by Crippen LogP contribution is -2.42. The molecule has 23 heavy (non-hydrogen) atoms. The van der Waals surface area contributed by atoms with Gasteiger partial charge in [0.1, 0.15) is 11.9 Å². The first-order valence-corrected chi connectivity index (χ1v) is 7.94. The average Bonchev–Trinajstić information content (AvgIpc) is 2.56. The second kappa shape index (κ2) is 8.24. The molecule has 128 valence electrons. The average molecular weight is 321 g/mol. The normalized spacial score (nSPS) is 17.3. The van der Waals surface area contributed by atoms with Gasteiger partial charge in [0.2, 0.25) is 5.91 Å². The highest BCUT2D eigenvalue weighted by atomic mass is 16.5. The molecule has 3 N–H and O–H groups in total. The summed E-state index contributed by atoms with van der Waals surface area (Å²) >= 11 is 0. The molecule has 0 aliphatic carbocycles. The zero-order valence-electron chi connectivity index (χ0n) is 14.2. The quantitative estimate of drug-likeness (QED) is 0.795. The van der Waals surface area contributed by atoms with Gasteiger partial charge < -0.3 is 25.6 Å². The molecule has 1 aliphatic heterocycles. The Morgan fingerprint density at radius 2 is 2.17 bits per heavy atom. The van der Waals surface area contributed by atoms with E-state index in [0.29, 0.717) is 11.9 Å². The Labute approximate surface area is 137 Å². The van der Waals surface area contributed by atoms with Crippen molar-refractivity contribution in [2.75, 3.05) is 51.1 Å². The molecule has 1 aliphatic rings. The number of nitrogens with zero attached hydrogens (tertiary/aromatic N) is 3. The molecule has 7 nitrogen and oxygen atoms in total. The van der Waals surface area contributed by atoms with Crippen LogP contribution >= 0.6 is 0 Å². The molecule has 1 unspecified atom stereocenters. The number of carbonyl (C=O) groups is 1. The van der Waals surface area contributed by atoms with Crippen LogP contribution in [0, 0.1) is 0 Å². The fourth-order valence-corrected chi connectivity index (χ4v) is 2.76. The number of hydrogen-bond acceptors (Lipinski definition) is 6. The number of pyridine rings is 1. The monoisotopic (exact) mass is 321 g/mol. The van der Waals surface area contributed by atoms with E-state index in [9.17, 15) is 4.79 Å². The van der Waals surface area contributed by atoms with Gasteiger partial charge in [-0.15, -0.1) is 0 Å². The maximum Gasteiger partial charge on any atom is 0.244 e. The Kier molecular flexibility index (Phi) is 6.32. The third-order valence-electron chi connectivity index (χ3n) is 4.24. The fraction of sp³-hybridized carbons (Fsp3) is 0.625. The van der Waals surface area contributed by atoms with Crippen molar-refractivity contribution < 1.29 is 9.53 Å². The zero-order chi connectivity index (χ0) is 16.8. The zero-order valence-corrected chi connectivity index (χ0v) is 14.2. The minimum absolute atomic E-state index is 0.185. The molecule has 0 radical (unpaired) electrons. The van der Waals surface area contributed by atoms with Crippen LogP contribution in [-0.4, -0.2) is 68.8 Å². The van der Waals surface area contributed by atoms with Gasteiger partial charge in [0, 0.05) is 26.2 Å². The first-order chi connectivity index (χ1) is 11.0. The summed E-state index contributed by atoms with van der Waals surface area (Å²) in [4.78, 5) is 20.7. The number of aromatic nitrogens is 1. The second-order valence-corrected chi connectivity index (χ2v) is 6.13. The van der Waals surface area contributed by atoms with Gasteiger partial charge >= 0.3 is 0 Å². The van der Waals surface area contributed by atoms with Gasteiger partial charge in [0.05, 0.1) is 18.5 Å². The van der Waals surface area contributed by atoms with Gasteiger partial charge in [0.25, 0.3) is 0 Å². The number of hydrogen-bond donors (Lipinski definition) is 2. The lowest BCUT2D eigenvalue weighted by molar-refractivity contribution is -0.118. The van der Waals surface area contributed by atoms with Crippen molar-refractivity contribution in [3.63, 3.8) is 0 Å². The first-order valence-electron chi connectivity index (χ1n) is 7.94. The number of amides is 1. The molecular weight excluding hydrogens is 294 g/mol. The Balaban J connectivity index is 1.89. The molecule has 7 heteroatoms. The third-order valence-corrected chi connectivity index (χ3v) is 4.24. The number of ether oxygens (including phenoxy) is 1. The smallest absolute Gasteiger partial charge is 0.244 e. The van der Waals surface area contributed by atoms with Crippen LogP contribution in [0.5, 0.6) is 0 Å². The van der Waals surface area contributed by atoms with Gasteiger partial charge in [-0.05, 0) is 39.1 Å². The largest absolute Gasteiger partial charge is 0.383 e. The molecule has 1 aromatic rings. The highest BCUT2D eigenvalue weighted by molar-refractivity contribution is 5.94. The number of piperidine rings is 1. The summed E-state index contributed by atoms with van der Waals surface area (Å²) in [5, 5.41) is 2.70. The molecule has 1 amide bonds. The van der Waals surface area contributed by atoms with Crippen molar-refractivity contribution in [1.29, 1.82) is 0 Å². The van der Waals surface area contributed by atoms with Crippen molar-refractivity contribution in [2.45, 2.75) is 24.9 Å². The number of nitrogens with two attached hydrogens (primary N) is 1. The fourth-order valence-electron chi connectivity index (χ4n) is 2.76. The van der Waals surface area contributed by atoms with Gasteiger partial charge in [-0.3, -0.25) is 4.79 Å². The Hall–Kier alpha value is -1.70. The van der Waals surface area contributed by atoms with E-state index in [0.717, 1.165) is 31.6 Å². The van der Waals surface area contributed by atoms with Gasteiger partial charge in [-0.2, -0.15) is 0 Å². The molecule has 0 saturated carbocycles. The van der Waals surface area contributed by atoms with Crippen LogP contribution in [0.3, 0.4) is 0 Å². The maximum absolute atomic E-state index is 11.8. The van der Waals surface area contributed by atoms with Crippen LogP contribution in [0.25, 0.3) is 0 Å². The highest BCUT2D eigenvalue weighted by Crippen LogP contribution is 2.21. The summed E-state index contributed by atoms with van der Waals surface area (Å²) in [6.07, 6.45) is 4.10. The van der Waals surface area contributed by atoms with Crippen molar-refractivity contribution in [1.82, 2.24) is 9.88 Å². The van der Waals surface area contributed by atoms with E-state index in [1.165, 1.54) is 7.11 Å². The Morgan fingerprint density at radius 1 is 1.48 bits per heavy atom. The lowest BCUT2D eigenvalue weighted by Gasteiger charge is -2.36. The van der Waals surface area contributed by atoms with Crippen molar-refractivity contribution in [2.24, 2.45) is 5.73 Å². The molecular formula is C16H27N5O2. The molecule has 1 fully saturated rings. The molecule has 0 aromatic carbocycles. The topological polar surface area (TPSA) is 83.7 Å². The number of methoxy groups -OCH3 is 1. The predicted octanol–water partition coefficient (Wildman–Crippen LogP) is 0.524. The summed E-state index contributed by atoms with van der Waals surface area (Å²) < 4.78 is 4.87. The minimum atomic E-state index is -0.688. The summed E-state index contributed by atoms with van der Waals surface area (Å²) in [5.41, 5.74) is 6.77. The van der Waals surface area contributed by atoms with E-state index in [4.69, 9.17) is 10.5 Å². The minimum Gasteiger partial charge on any atom is -0.383 e. The van der Waals surface area contributed by atoms with E-state index >= 15 is 0 Å². The third kappa shape index (κ3) is 4.89. The molecule has 0 bridgehead atoms. The number of carbonyl (C=O) groups excluding carboxylic acids is 1. The summed E-state index contributed by atoms with van der Waals surface area (Å²) in [6, 6.07) is 3.76. The Morgan fingerprint density at radius 3 is 2.70 bits per heavy atom. The van der Waals surface area contributed by atoms with Crippen LogP contribution in [0.2, 0.25) is 0 Å². The maximum atomic E-state index is 11.8. The summed E-state index contributed by atoms with van der Waals surface area (Å²) in [6.45, 7) is 2.23. The van der Waals surface area contributed by atoms with Crippen molar-refractivity contribution in [3.8, 4) is 0 Å². The van der Waals surface area contributed by atoms with Gasteiger partial charge in [-0.1, -0.05) is 0 Å². The van der Waals surface area contributed by atoms with Crippen LogP contribution in [0.4, 0.5) is 11.5 Å². The molecule has 1 saturated heterocycles. The molecule has 1 aromatic heterocycles. The summed E-state index contributed by atoms with van der Waals surface area (Å²) in [7, 11) is 5.78. The van der Waals surface area contributed by atoms with Crippen LogP contribution < -0.4 is 16.0 Å².